The summed E-state index contributed by atoms with van der Waals surface area (Å²) in [6.07, 6.45) is 9.03. The number of amides is 1. The fourth-order valence-electron chi connectivity index (χ4n) is 4.73. The van der Waals surface area contributed by atoms with E-state index >= 15 is 0 Å². The Balaban J connectivity index is 1.35. The number of hydrogen-bond acceptors (Lipinski definition) is 8. The van der Waals surface area contributed by atoms with Gasteiger partial charge in [-0.15, -0.1) is 22.7 Å². The fraction of sp³-hybridized carbons (Fsp3) is 0.500. The Kier molecular flexibility index (Phi) is 6.72. The summed E-state index contributed by atoms with van der Waals surface area (Å²) in [5.74, 6) is 0.350. The second-order valence-electron chi connectivity index (χ2n) is 8.68. The van der Waals surface area contributed by atoms with Gasteiger partial charge in [0, 0.05) is 15.1 Å². The molecular formula is C24H27N3O3S3. The first-order chi connectivity index (χ1) is 16.0. The quantitative estimate of drug-likeness (QED) is 0.266. The molecule has 5 rings (SSSR count). The monoisotopic (exact) mass is 501 g/mol. The fourth-order valence-corrected chi connectivity index (χ4v) is 8.26. The van der Waals surface area contributed by atoms with Crippen LogP contribution in [0.1, 0.15) is 64.3 Å². The highest BCUT2D eigenvalue weighted by Gasteiger charge is 2.29. The molecule has 9 heteroatoms. The average molecular weight is 502 g/mol. The number of ether oxygens (including phenoxy) is 1. The Labute approximate surface area is 205 Å². The molecular weight excluding hydrogens is 474 g/mol. The lowest BCUT2D eigenvalue weighted by molar-refractivity contribution is -0.113. The Bertz CT molecular complexity index is 1220. The van der Waals surface area contributed by atoms with Crippen LogP contribution >= 0.6 is 34.4 Å². The van der Waals surface area contributed by atoms with Crippen LogP contribution in [0.3, 0.4) is 0 Å². The number of thioether (sulfide) groups is 1. The number of hydrogen-bond donors (Lipinski definition) is 1. The molecule has 1 amide bonds. The number of aromatic nitrogens is 2. The summed E-state index contributed by atoms with van der Waals surface area (Å²) in [6, 6.07) is 0. The first-order valence-corrected chi connectivity index (χ1v) is 14.2. The van der Waals surface area contributed by atoms with Crippen molar-refractivity contribution in [1.29, 1.82) is 0 Å². The minimum atomic E-state index is -0.338. The Hall–Kier alpha value is -1.97. The van der Waals surface area contributed by atoms with Crippen molar-refractivity contribution >= 4 is 61.5 Å². The lowest BCUT2D eigenvalue weighted by Gasteiger charge is -2.18. The molecule has 3 aromatic heterocycles. The molecule has 1 atom stereocenters. The van der Waals surface area contributed by atoms with Gasteiger partial charge in [0.25, 0.3) is 0 Å². The van der Waals surface area contributed by atoms with E-state index in [4.69, 9.17) is 4.74 Å². The van der Waals surface area contributed by atoms with Crippen molar-refractivity contribution in [3.63, 3.8) is 0 Å². The second kappa shape index (κ2) is 9.72. The van der Waals surface area contributed by atoms with Gasteiger partial charge < -0.3 is 10.1 Å². The van der Waals surface area contributed by atoms with E-state index in [9.17, 15) is 9.59 Å². The largest absolute Gasteiger partial charge is 0.462 e. The predicted molar refractivity (Wildman–Crippen MR) is 135 cm³/mol. The molecule has 174 valence electrons. The molecule has 0 radical (unpaired) electrons. The molecule has 0 unspecified atom stereocenters. The Morgan fingerprint density at radius 1 is 1.15 bits per heavy atom. The SMILES string of the molecule is CCOC(=O)c1c(NC(=O)CSc2ncnc3sc4c(c23)CCCC4)sc2c1CC[C@@H](C)C2. The normalized spacial score (nSPS) is 17.5. The van der Waals surface area contributed by atoms with Crippen LogP contribution in [-0.4, -0.2) is 34.2 Å². The third kappa shape index (κ3) is 4.55. The maximum absolute atomic E-state index is 12.9. The lowest BCUT2D eigenvalue weighted by atomic mass is 9.88. The van der Waals surface area contributed by atoms with Crippen molar-refractivity contribution in [3.05, 3.63) is 32.8 Å². The zero-order valence-corrected chi connectivity index (χ0v) is 21.3. The highest BCUT2D eigenvalue weighted by atomic mass is 32.2. The summed E-state index contributed by atoms with van der Waals surface area (Å²) >= 11 is 4.73. The van der Waals surface area contributed by atoms with Gasteiger partial charge in [0.15, 0.2) is 0 Å². The molecule has 2 aliphatic carbocycles. The maximum atomic E-state index is 12.9. The Morgan fingerprint density at radius 2 is 2.00 bits per heavy atom. The van der Waals surface area contributed by atoms with Gasteiger partial charge in [0.1, 0.15) is 21.2 Å². The van der Waals surface area contributed by atoms with E-state index < -0.39 is 0 Å². The van der Waals surface area contributed by atoms with E-state index in [1.807, 2.05) is 0 Å². The molecule has 0 fully saturated rings. The van der Waals surface area contributed by atoms with E-state index in [1.165, 1.54) is 51.3 Å². The van der Waals surface area contributed by atoms with E-state index in [2.05, 4.69) is 22.2 Å². The van der Waals surface area contributed by atoms with Crippen molar-refractivity contribution < 1.29 is 14.3 Å². The molecule has 1 N–H and O–H groups in total. The summed E-state index contributed by atoms with van der Waals surface area (Å²) in [6.45, 7) is 4.35. The predicted octanol–water partition coefficient (Wildman–Crippen LogP) is 5.66. The second-order valence-corrected chi connectivity index (χ2v) is 11.8. The van der Waals surface area contributed by atoms with Gasteiger partial charge in [-0.3, -0.25) is 4.79 Å². The average Bonchev–Trinajstić information content (AvgIpc) is 3.35. The van der Waals surface area contributed by atoms with Gasteiger partial charge in [-0.2, -0.15) is 0 Å². The number of carbonyl (C=O) groups is 2. The maximum Gasteiger partial charge on any atom is 0.341 e. The number of aryl methyl sites for hydroxylation is 2. The van der Waals surface area contributed by atoms with Gasteiger partial charge in [0.2, 0.25) is 5.91 Å². The van der Waals surface area contributed by atoms with Crippen LogP contribution in [0.5, 0.6) is 0 Å². The number of carbonyl (C=O) groups excluding carboxylic acids is 2. The molecule has 0 aliphatic heterocycles. The molecule has 3 aromatic rings. The van der Waals surface area contributed by atoms with Crippen molar-refractivity contribution in [2.45, 2.75) is 63.8 Å². The summed E-state index contributed by atoms with van der Waals surface area (Å²) in [5, 5.41) is 5.64. The number of esters is 1. The highest BCUT2D eigenvalue weighted by molar-refractivity contribution is 8.00. The number of nitrogens with one attached hydrogen (secondary N) is 1. The summed E-state index contributed by atoms with van der Waals surface area (Å²) in [4.78, 5) is 38.3. The lowest BCUT2D eigenvalue weighted by Crippen LogP contribution is -2.17. The standard InChI is InChI=1S/C24H27N3O3S3/c1-3-30-24(29)20-15-9-8-13(2)10-17(15)33-23(20)27-18(28)11-31-21-19-14-6-4-5-7-16(14)32-22(19)26-12-25-21/h12-13H,3-11H2,1-2H3,(H,27,28)/t13-/m1/s1. The third-order valence-corrected chi connectivity index (χ3v) is 9.66. The van der Waals surface area contributed by atoms with Crippen molar-refractivity contribution in [2.75, 3.05) is 17.7 Å². The molecule has 33 heavy (non-hydrogen) atoms. The number of fused-ring (bicyclic) bond motifs is 4. The zero-order chi connectivity index (χ0) is 22.9. The van der Waals surface area contributed by atoms with Gasteiger partial charge in [0.05, 0.1) is 17.9 Å². The summed E-state index contributed by atoms with van der Waals surface area (Å²) < 4.78 is 5.32. The third-order valence-electron chi connectivity index (χ3n) is 6.30. The van der Waals surface area contributed by atoms with Gasteiger partial charge in [-0.1, -0.05) is 18.7 Å². The minimum absolute atomic E-state index is 0.131. The number of nitrogens with zero attached hydrogens (tertiary/aromatic N) is 2. The van der Waals surface area contributed by atoms with Crippen LogP contribution in [0, 0.1) is 5.92 Å². The Morgan fingerprint density at radius 3 is 2.85 bits per heavy atom. The number of thiophene rings is 2. The smallest absolute Gasteiger partial charge is 0.341 e. The summed E-state index contributed by atoms with van der Waals surface area (Å²) in [7, 11) is 0. The van der Waals surface area contributed by atoms with Gasteiger partial charge >= 0.3 is 5.97 Å². The topological polar surface area (TPSA) is 81.2 Å². The van der Waals surface area contributed by atoms with Crippen molar-refractivity contribution in [3.8, 4) is 0 Å². The number of anilines is 1. The van der Waals surface area contributed by atoms with E-state index in [1.54, 1.807) is 24.6 Å². The molecule has 2 aliphatic rings. The molecule has 0 aromatic carbocycles. The summed E-state index contributed by atoms with van der Waals surface area (Å²) in [5.41, 5.74) is 2.98. The van der Waals surface area contributed by atoms with E-state index in [0.29, 0.717) is 23.1 Å². The van der Waals surface area contributed by atoms with Crippen LogP contribution in [-0.2, 0) is 35.2 Å². The molecule has 3 heterocycles. The van der Waals surface area contributed by atoms with Crippen LogP contribution in [0.25, 0.3) is 10.2 Å². The van der Waals surface area contributed by atoms with Gasteiger partial charge in [-0.25, -0.2) is 14.8 Å². The molecule has 0 bridgehead atoms. The highest BCUT2D eigenvalue weighted by Crippen LogP contribution is 2.41. The van der Waals surface area contributed by atoms with E-state index in [-0.39, 0.29) is 17.6 Å². The van der Waals surface area contributed by atoms with Crippen LogP contribution in [0.4, 0.5) is 5.00 Å². The molecule has 6 nitrogen and oxygen atoms in total. The van der Waals surface area contributed by atoms with Crippen molar-refractivity contribution in [2.24, 2.45) is 5.92 Å². The first-order valence-electron chi connectivity index (χ1n) is 11.5. The van der Waals surface area contributed by atoms with Crippen LogP contribution < -0.4 is 5.32 Å². The van der Waals surface area contributed by atoms with Gasteiger partial charge in [-0.05, 0) is 68.9 Å². The minimum Gasteiger partial charge on any atom is -0.462 e. The van der Waals surface area contributed by atoms with Crippen LogP contribution in [0.2, 0.25) is 0 Å². The number of rotatable bonds is 6. The van der Waals surface area contributed by atoms with Crippen molar-refractivity contribution in [1.82, 2.24) is 9.97 Å². The molecule has 0 saturated heterocycles. The van der Waals surface area contributed by atoms with E-state index in [0.717, 1.165) is 52.9 Å². The molecule has 0 spiro atoms. The zero-order valence-electron chi connectivity index (χ0n) is 18.9. The first kappa shape index (κ1) is 22.8. The van der Waals surface area contributed by atoms with Crippen LogP contribution in [0.15, 0.2) is 11.4 Å². The molecule has 0 saturated carbocycles.